The Morgan fingerprint density at radius 2 is 1.96 bits per heavy atom. The molecule has 9 heteroatoms. The van der Waals surface area contributed by atoms with Gasteiger partial charge in [0.2, 0.25) is 0 Å². The van der Waals surface area contributed by atoms with Gasteiger partial charge in [-0.3, -0.25) is 9.59 Å². The van der Waals surface area contributed by atoms with Crippen LogP contribution in [0.25, 0.3) is 0 Å². The maximum absolute atomic E-state index is 11.9. The number of nitrogens with one attached hydrogen (secondary N) is 2. The van der Waals surface area contributed by atoms with Crippen molar-refractivity contribution < 1.29 is 14.4 Å². The molecule has 25 heavy (non-hydrogen) atoms. The molecule has 3 rings (SSSR count). The molecule has 9 nitrogen and oxygen atoms in total. The number of hydrogen-bond donors (Lipinski definition) is 3. The maximum atomic E-state index is 11.9. The maximum Gasteiger partial charge on any atom is 0.268 e. The predicted molar refractivity (Wildman–Crippen MR) is 90.9 cm³/mol. The summed E-state index contributed by atoms with van der Waals surface area (Å²) in [5, 5.41) is 9.91. The second kappa shape index (κ2) is 6.66. The molecular weight excluding hydrogens is 324 g/mol. The highest BCUT2D eigenvalue weighted by Crippen LogP contribution is 2.56. The number of nitrogens with two attached hydrogens (primary N) is 1. The number of aromatic nitrogens is 2. The lowest BCUT2D eigenvalue weighted by atomic mass is 9.52. The molecule has 0 bridgehead atoms. The Kier molecular flexibility index (Phi) is 4.56. The van der Waals surface area contributed by atoms with Crippen LogP contribution >= 0.6 is 0 Å². The molecule has 0 saturated heterocycles. The summed E-state index contributed by atoms with van der Waals surface area (Å²) in [6.45, 7) is 1.62. The normalized spacial score (nSPS) is 27.8. The summed E-state index contributed by atoms with van der Waals surface area (Å²) in [6.07, 6.45) is 5.29. The summed E-state index contributed by atoms with van der Waals surface area (Å²) < 4.78 is 0. The number of hydrogen-bond acceptors (Lipinski definition) is 7. The highest BCUT2D eigenvalue weighted by Gasteiger charge is 2.53. The summed E-state index contributed by atoms with van der Waals surface area (Å²) in [4.78, 5) is 35.6. The minimum Gasteiger partial charge on any atom is -0.399 e. The summed E-state index contributed by atoms with van der Waals surface area (Å²) in [6, 6.07) is 2.06. The molecule has 1 spiro atoms. The van der Waals surface area contributed by atoms with Gasteiger partial charge >= 0.3 is 0 Å². The SMILES string of the molecule is CON=C(C)C(=O)NC1CC2(C1)CC(Nc1cc(C(N)=O)ncn1)C2. The van der Waals surface area contributed by atoms with Crippen LogP contribution in [0.1, 0.15) is 43.1 Å². The number of anilines is 1. The lowest BCUT2D eigenvalue weighted by Crippen LogP contribution is -2.59. The lowest BCUT2D eigenvalue weighted by Gasteiger charge is -2.57. The standard InChI is InChI=1S/C16H22N6O3/c1-9(22-25-2)15(24)21-11-6-16(7-11)4-10(5-16)20-13-3-12(14(17)23)18-8-19-13/h3,8,10-11H,4-7H2,1-2H3,(H2,17,23)(H,21,24)(H,18,19,20). The van der Waals surface area contributed by atoms with Gasteiger partial charge in [-0.15, -0.1) is 0 Å². The zero-order valence-electron chi connectivity index (χ0n) is 14.3. The number of rotatable bonds is 6. The lowest BCUT2D eigenvalue weighted by molar-refractivity contribution is -0.118. The van der Waals surface area contributed by atoms with Gasteiger partial charge in [-0.1, -0.05) is 5.16 Å². The van der Waals surface area contributed by atoms with E-state index in [1.165, 1.54) is 13.4 Å². The molecule has 2 saturated carbocycles. The van der Waals surface area contributed by atoms with Crippen molar-refractivity contribution in [1.29, 1.82) is 0 Å². The first-order valence-electron chi connectivity index (χ1n) is 8.18. The van der Waals surface area contributed by atoms with Crippen LogP contribution in [0.3, 0.4) is 0 Å². The van der Waals surface area contributed by atoms with E-state index in [4.69, 9.17) is 5.73 Å². The van der Waals surface area contributed by atoms with Gasteiger partial charge in [0.25, 0.3) is 11.8 Å². The van der Waals surface area contributed by atoms with Gasteiger partial charge in [0.05, 0.1) is 0 Å². The van der Waals surface area contributed by atoms with E-state index in [9.17, 15) is 9.59 Å². The van der Waals surface area contributed by atoms with Gasteiger partial charge in [0.15, 0.2) is 0 Å². The van der Waals surface area contributed by atoms with Crippen LogP contribution in [-0.2, 0) is 9.63 Å². The van der Waals surface area contributed by atoms with Crippen LogP contribution in [0.4, 0.5) is 5.82 Å². The van der Waals surface area contributed by atoms with Gasteiger partial charge in [-0.05, 0) is 38.0 Å². The highest BCUT2D eigenvalue weighted by molar-refractivity contribution is 6.37. The molecule has 0 radical (unpaired) electrons. The molecular formula is C16H22N6O3. The van der Waals surface area contributed by atoms with E-state index in [1.54, 1.807) is 13.0 Å². The molecule has 2 amide bonds. The van der Waals surface area contributed by atoms with Crippen LogP contribution in [0, 0.1) is 5.41 Å². The average molecular weight is 346 g/mol. The van der Waals surface area contributed by atoms with Crippen LogP contribution in [0.15, 0.2) is 17.5 Å². The third kappa shape index (κ3) is 3.70. The quantitative estimate of drug-likeness (QED) is 0.506. The van der Waals surface area contributed by atoms with Gasteiger partial charge in [0, 0.05) is 18.2 Å². The molecule has 1 heterocycles. The second-order valence-electron chi connectivity index (χ2n) is 6.84. The number of primary amides is 1. The fourth-order valence-electron chi connectivity index (χ4n) is 3.76. The van der Waals surface area contributed by atoms with Gasteiger partial charge in [0.1, 0.15) is 30.7 Å². The molecule has 0 unspecified atom stereocenters. The van der Waals surface area contributed by atoms with Crippen molar-refractivity contribution in [3.63, 3.8) is 0 Å². The topological polar surface area (TPSA) is 132 Å². The minimum atomic E-state index is -0.569. The molecule has 0 atom stereocenters. The van der Waals surface area contributed by atoms with E-state index >= 15 is 0 Å². The van der Waals surface area contributed by atoms with Crippen molar-refractivity contribution in [2.45, 2.75) is 44.7 Å². The largest absolute Gasteiger partial charge is 0.399 e. The van der Waals surface area contributed by atoms with Gasteiger partial charge in [-0.2, -0.15) is 0 Å². The van der Waals surface area contributed by atoms with Gasteiger partial charge in [-0.25, -0.2) is 9.97 Å². The third-order valence-electron chi connectivity index (χ3n) is 4.88. The van der Waals surface area contributed by atoms with E-state index in [2.05, 4.69) is 30.6 Å². The Balaban J connectivity index is 1.43. The van der Waals surface area contributed by atoms with E-state index < -0.39 is 5.91 Å². The zero-order valence-corrected chi connectivity index (χ0v) is 14.3. The first-order valence-corrected chi connectivity index (χ1v) is 8.18. The van der Waals surface area contributed by atoms with Crippen molar-refractivity contribution in [2.24, 2.45) is 16.3 Å². The number of amides is 2. The summed E-state index contributed by atoms with van der Waals surface area (Å²) in [7, 11) is 1.42. The first-order chi connectivity index (χ1) is 11.9. The van der Waals surface area contributed by atoms with Crippen molar-refractivity contribution in [3.8, 4) is 0 Å². The fraction of sp³-hybridized carbons (Fsp3) is 0.562. The molecule has 2 aliphatic carbocycles. The van der Waals surface area contributed by atoms with Crippen LogP contribution in [0.2, 0.25) is 0 Å². The van der Waals surface area contributed by atoms with Crippen molar-refractivity contribution >= 4 is 23.3 Å². The average Bonchev–Trinajstić information content (AvgIpc) is 2.51. The Bertz CT molecular complexity index is 706. The highest BCUT2D eigenvalue weighted by atomic mass is 16.6. The van der Waals surface area contributed by atoms with E-state index in [1.807, 2.05) is 0 Å². The molecule has 4 N–H and O–H groups in total. The monoisotopic (exact) mass is 346 g/mol. The Morgan fingerprint density at radius 1 is 1.28 bits per heavy atom. The zero-order chi connectivity index (χ0) is 18.0. The van der Waals surface area contributed by atoms with E-state index in [0.717, 1.165) is 25.7 Å². The predicted octanol–water partition coefficient (Wildman–Crippen LogP) is 0.437. The molecule has 2 aliphatic rings. The summed E-state index contributed by atoms with van der Waals surface area (Å²) in [5.74, 6) is -0.143. The van der Waals surface area contributed by atoms with Crippen LogP contribution in [-0.4, -0.2) is 46.7 Å². The van der Waals surface area contributed by atoms with Crippen molar-refractivity contribution in [1.82, 2.24) is 15.3 Å². The fourth-order valence-corrected chi connectivity index (χ4v) is 3.76. The summed E-state index contributed by atoms with van der Waals surface area (Å²) >= 11 is 0. The molecule has 0 aliphatic heterocycles. The number of carbonyl (C=O) groups is 2. The number of nitrogens with zero attached hydrogens (tertiary/aromatic N) is 3. The minimum absolute atomic E-state index is 0.185. The van der Waals surface area contributed by atoms with Crippen LogP contribution < -0.4 is 16.4 Å². The molecule has 134 valence electrons. The molecule has 1 aromatic rings. The summed E-state index contributed by atoms with van der Waals surface area (Å²) in [5.41, 5.74) is 6.04. The number of carbonyl (C=O) groups excluding carboxylic acids is 2. The third-order valence-corrected chi connectivity index (χ3v) is 4.88. The second-order valence-corrected chi connectivity index (χ2v) is 6.84. The van der Waals surface area contributed by atoms with Gasteiger partial charge < -0.3 is 21.2 Å². The Hall–Kier alpha value is -2.71. The van der Waals surface area contributed by atoms with Crippen molar-refractivity contribution in [2.75, 3.05) is 12.4 Å². The molecule has 1 aromatic heterocycles. The van der Waals surface area contributed by atoms with E-state index in [0.29, 0.717) is 23.0 Å². The smallest absolute Gasteiger partial charge is 0.268 e. The van der Waals surface area contributed by atoms with E-state index in [-0.39, 0.29) is 17.6 Å². The van der Waals surface area contributed by atoms with Crippen molar-refractivity contribution in [3.05, 3.63) is 18.1 Å². The molecule has 0 aromatic carbocycles. The Morgan fingerprint density at radius 3 is 2.60 bits per heavy atom. The van der Waals surface area contributed by atoms with Crippen LogP contribution in [0.5, 0.6) is 0 Å². The number of oxime groups is 1. The first kappa shape index (κ1) is 17.1. The Labute approximate surface area is 145 Å². The molecule has 2 fully saturated rings.